The van der Waals surface area contributed by atoms with Gasteiger partial charge in [0.15, 0.2) is 18.1 Å². The number of carbonyl (C=O) groups is 1. The average molecular weight is 457 g/mol. The lowest BCUT2D eigenvalue weighted by Gasteiger charge is -2.07. The van der Waals surface area contributed by atoms with Gasteiger partial charge in [0, 0.05) is 5.02 Å². The van der Waals surface area contributed by atoms with E-state index in [2.05, 4.69) is 26.5 Å². The number of hydrogen-bond acceptors (Lipinski definition) is 7. The number of hydrazone groups is 1. The van der Waals surface area contributed by atoms with Crippen LogP contribution in [0.25, 0.3) is 0 Å². The lowest BCUT2D eigenvalue weighted by molar-refractivity contribution is -0.385. The van der Waals surface area contributed by atoms with E-state index in [-0.39, 0.29) is 30.4 Å². The quantitative estimate of drug-likeness (QED) is 0.406. The molecule has 0 saturated carbocycles. The highest BCUT2D eigenvalue weighted by Gasteiger charge is 2.22. The second kappa shape index (κ2) is 8.23. The van der Waals surface area contributed by atoms with Crippen molar-refractivity contribution in [2.75, 3.05) is 13.4 Å². The Kier molecular flexibility index (Phi) is 5.77. The largest absolute Gasteiger partial charge is 0.483 e. The van der Waals surface area contributed by atoms with E-state index in [1.807, 2.05) is 0 Å². The Bertz CT molecular complexity index is 937. The molecule has 1 amide bonds. The third-order valence-corrected chi connectivity index (χ3v) is 4.22. The number of nitro benzene ring substituents is 1. The highest BCUT2D eigenvalue weighted by atomic mass is 79.9. The number of ether oxygens (including phenoxy) is 3. The van der Waals surface area contributed by atoms with Gasteiger partial charge in [0.25, 0.3) is 11.6 Å². The number of nitrogens with zero attached hydrogens (tertiary/aromatic N) is 2. The van der Waals surface area contributed by atoms with Crippen LogP contribution in [0.4, 0.5) is 5.69 Å². The normalized spacial score (nSPS) is 12.2. The number of hydrogen-bond donors (Lipinski definition) is 1. The lowest BCUT2D eigenvalue weighted by Crippen LogP contribution is -2.24. The molecule has 2 aromatic carbocycles. The van der Waals surface area contributed by atoms with E-state index in [0.717, 1.165) is 6.21 Å². The summed E-state index contributed by atoms with van der Waals surface area (Å²) < 4.78 is 16.2. The molecule has 3 rings (SSSR count). The van der Waals surface area contributed by atoms with Gasteiger partial charge < -0.3 is 14.2 Å². The van der Waals surface area contributed by atoms with E-state index < -0.39 is 10.8 Å². The molecule has 1 heterocycles. The molecule has 140 valence electrons. The van der Waals surface area contributed by atoms with Crippen molar-refractivity contribution in [3.8, 4) is 17.2 Å². The third kappa shape index (κ3) is 4.66. The summed E-state index contributed by atoms with van der Waals surface area (Å²) in [5.74, 6) is 0.538. The molecule has 11 heteroatoms. The summed E-state index contributed by atoms with van der Waals surface area (Å²) in [5.41, 5.74) is 2.17. The minimum atomic E-state index is -0.577. The molecule has 0 radical (unpaired) electrons. The summed E-state index contributed by atoms with van der Waals surface area (Å²) in [7, 11) is 0. The smallest absolute Gasteiger partial charge is 0.282 e. The summed E-state index contributed by atoms with van der Waals surface area (Å²) >= 11 is 9.10. The van der Waals surface area contributed by atoms with E-state index in [1.54, 1.807) is 18.2 Å². The minimum absolute atomic E-state index is 0.0125. The van der Waals surface area contributed by atoms with E-state index in [1.165, 1.54) is 12.1 Å². The summed E-state index contributed by atoms with van der Waals surface area (Å²) in [6, 6.07) is 7.52. The van der Waals surface area contributed by atoms with Gasteiger partial charge >= 0.3 is 0 Å². The van der Waals surface area contributed by atoms with Crippen LogP contribution in [0.2, 0.25) is 5.02 Å². The van der Waals surface area contributed by atoms with Crippen molar-refractivity contribution in [1.82, 2.24) is 5.43 Å². The van der Waals surface area contributed by atoms with Crippen LogP contribution in [0.3, 0.4) is 0 Å². The maximum Gasteiger partial charge on any atom is 0.282 e. The van der Waals surface area contributed by atoms with Gasteiger partial charge in [-0.3, -0.25) is 14.9 Å². The van der Waals surface area contributed by atoms with Crippen LogP contribution in [0.1, 0.15) is 5.56 Å². The fourth-order valence-corrected chi connectivity index (χ4v) is 2.95. The van der Waals surface area contributed by atoms with Crippen molar-refractivity contribution in [3.05, 3.63) is 55.5 Å². The van der Waals surface area contributed by atoms with E-state index >= 15 is 0 Å². The summed E-state index contributed by atoms with van der Waals surface area (Å²) in [6.45, 7) is -0.317. The molecule has 0 aliphatic carbocycles. The summed E-state index contributed by atoms with van der Waals surface area (Å²) in [5, 5.41) is 15.4. The minimum Gasteiger partial charge on any atom is -0.483 e. The molecule has 2 aromatic rings. The van der Waals surface area contributed by atoms with Gasteiger partial charge in [0.1, 0.15) is 5.75 Å². The van der Waals surface area contributed by atoms with Crippen molar-refractivity contribution in [3.63, 3.8) is 0 Å². The van der Waals surface area contributed by atoms with Crippen LogP contribution in [0.15, 0.2) is 39.9 Å². The van der Waals surface area contributed by atoms with Crippen LogP contribution >= 0.6 is 27.5 Å². The number of nitrogens with one attached hydrogen (secondary N) is 1. The second-order valence-corrected chi connectivity index (χ2v) is 6.47. The zero-order valence-corrected chi connectivity index (χ0v) is 15.8. The number of nitro groups is 1. The van der Waals surface area contributed by atoms with Gasteiger partial charge in [-0.25, -0.2) is 5.43 Å². The van der Waals surface area contributed by atoms with Gasteiger partial charge in [-0.1, -0.05) is 11.6 Å². The molecule has 1 aliphatic heterocycles. The number of amides is 1. The predicted molar refractivity (Wildman–Crippen MR) is 99.6 cm³/mol. The monoisotopic (exact) mass is 455 g/mol. The van der Waals surface area contributed by atoms with Gasteiger partial charge in [0.05, 0.1) is 27.2 Å². The standard InChI is InChI=1S/C16H11BrClN3O6/c17-11-4-10(18)1-2-13(11)25-7-16(22)20-19-6-9-3-14-15(27-8-26-14)5-12(9)21(23)24/h1-6H,7-8H2,(H,20,22)/b19-6-. The zero-order chi connectivity index (χ0) is 19.4. The molecule has 9 nitrogen and oxygen atoms in total. The molecule has 0 aromatic heterocycles. The van der Waals surface area contributed by atoms with Crippen LogP contribution in [-0.2, 0) is 4.79 Å². The van der Waals surface area contributed by atoms with Crippen LogP contribution in [-0.4, -0.2) is 30.4 Å². The number of halogens is 2. The number of carbonyl (C=O) groups excluding carboxylic acids is 1. The summed E-state index contributed by atoms with van der Waals surface area (Å²) in [4.78, 5) is 22.4. The van der Waals surface area contributed by atoms with Gasteiger partial charge in [0.2, 0.25) is 6.79 Å². The van der Waals surface area contributed by atoms with Crippen LogP contribution < -0.4 is 19.6 Å². The molecule has 0 unspecified atom stereocenters. The predicted octanol–water partition coefficient (Wildman–Crippen LogP) is 3.27. The fourth-order valence-electron chi connectivity index (χ4n) is 2.15. The molecule has 1 aliphatic rings. The SMILES string of the molecule is O=C(COc1ccc(Cl)cc1Br)N/N=C\c1cc2c(cc1[N+](=O)[O-])OCO2. The Hall–Kier alpha value is -2.85. The molecule has 0 spiro atoms. The first kappa shape index (κ1) is 18.9. The van der Waals surface area contributed by atoms with Crippen molar-refractivity contribution in [2.24, 2.45) is 5.10 Å². The zero-order valence-electron chi connectivity index (χ0n) is 13.5. The lowest BCUT2D eigenvalue weighted by atomic mass is 10.1. The first-order chi connectivity index (χ1) is 12.9. The van der Waals surface area contributed by atoms with E-state index in [9.17, 15) is 14.9 Å². The molecule has 0 bridgehead atoms. The number of fused-ring (bicyclic) bond motifs is 1. The highest BCUT2D eigenvalue weighted by molar-refractivity contribution is 9.10. The third-order valence-electron chi connectivity index (χ3n) is 3.36. The van der Waals surface area contributed by atoms with E-state index in [0.29, 0.717) is 21.0 Å². The Morgan fingerprint density at radius 3 is 2.81 bits per heavy atom. The Morgan fingerprint density at radius 2 is 2.11 bits per heavy atom. The van der Waals surface area contributed by atoms with Crippen molar-refractivity contribution in [2.45, 2.75) is 0 Å². The van der Waals surface area contributed by atoms with Crippen molar-refractivity contribution >= 4 is 45.3 Å². The fraction of sp³-hybridized carbons (Fsp3) is 0.125. The topological polar surface area (TPSA) is 112 Å². The van der Waals surface area contributed by atoms with Gasteiger partial charge in [-0.2, -0.15) is 5.10 Å². The molecular formula is C16H11BrClN3O6. The average Bonchev–Trinajstić information content (AvgIpc) is 3.07. The first-order valence-electron chi connectivity index (χ1n) is 7.42. The Labute approximate surface area is 166 Å². The molecule has 0 fully saturated rings. The number of rotatable bonds is 6. The molecule has 27 heavy (non-hydrogen) atoms. The molecule has 1 N–H and O–H groups in total. The van der Waals surface area contributed by atoms with Crippen LogP contribution in [0, 0.1) is 10.1 Å². The molecule has 0 saturated heterocycles. The number of benzene rings is 2. The molecular weight excluding hydrogens is 446 g/mol. The Balaban J connectivity index is 1.62. The first-order valence-corrected chi connectivity index (χ1v) is 8.59. The highest BCUT2D eigenvalue weighted by Crippen LogP contribution is 2.37. The Morgan fingerprint density at radius 1 is 1.37 bits per heavy atom. The van der Waals surface area contributed by atoms with Crippen LogP contribution in [0.5, 0.6) is 17.2 Å². The molecule has 0 atom stereocenters. The summed E-state index contributed by atoms with van der Waals surface area (Å²) in [6.07, 6.45) is 1.15. The van der Waals surface area contributed by atoms with Gasteiger partial charge in [-0.15, -0.1) is 0 Å². The van der Waals surface area contributed by atoms with Gasteiger partial charge in [-0.05, 0) is 40.2 Å². The van der Waals surface area contributed by atoms with Crippen molar-refractivity contribution in [1.29, 1.82) is 0 Å². The van der Waals surface area contributed by atoms with E-state index in [4.69, 9.17) is 25.8 Å². The second-order valence-electron chi connectivity index (χ2n) is 5.18. The van der Waals surface area contributed by atoms with Crippen molar-refractivity contribution < 1.29 is 23.9 Å². The maximum absolute atomic E-state index is 11.8. The maximum atomic E-state index is 11.8.